The molecule has 2 N–H and O–H groups in total. The Bertz CT molecular complexity index is 941. The molecule has 0 atom stereocenters. The van der Waals surface area contributed by atoms with Crippen LogP contribution in [0.5, 0.6) is 0 Å². The molecule has 1 aliphatic rings. The number of nitrogens with zero attached hydrogens (tertiary/aromatic N) is 1. The largest absolute Gasteiger partial charge is 0.452 e. The number of imide groups is 2. The summed E-state index contributed by atoms with van der Waals surface area (Å²) in [7, 11) is 0. The zero-order chi connectivity index (χ0) is 20.8. The number of benzene rings is 1. The Morgan fingerprint density at radius 3 is 2.52 bits per heavy atom. The number of urea groups is 1. The third kappa shape index (κ3) is 5.26. The summed E-state index contributed by atoms with van der Waals surface area (Å²) in [5.41, 5.74) is 0.342. The molecule has 1 fully saturated rings. The quantitative estimate of drug-likeness (QED) is 0.546. The Kier molecular flexibility index (Phi) is 6.35. The number of carbonyl (C=O) groups excluding carboxylic acids is 5. The highest BCUT2D eigenvalue weighted by atomic mass is 32.1. The number of rotatable bonds is 6. The first-order chi connectivity index (χ1) is 13.9. The lowest BCUT2D eigenvalue weighted by Gasteiger charge is -2.14. The molecule has 1 aliphatic heterocycles. The van der Waals surface area contributed by atoms with Crippen LogP contribution in [0, 0.1) is 0 Å². The van der Waals surface area contributed by atoms with Gasteiger partial charge in [0, 0.05) is 17.7 Å². The Labute approximate surface area is 169 Å². The van der Waals surface area contributed by atoms with Crippen LogP contribution in [0.2, 0.25) is 0 Å². The lowest BCUT2D eigenvalue weighted by atomic mass is 10.2. The van der Waals surface area contributed by atoms with Crippen molar-refractivity contribution in [3.05, 3.63) is 52.2 Å². The zero-order valence-corrected chi connectivity index (χ0v) is 16.0. The average Bonchev–Trinajstić information content (AvgIpc) is 3.34. The van der Waals surface area contributed by atoms with Gasteiger partial charge in [0.25, 0.3) is 5.91 Å². The third-order valence-corrected chi connectivity index (χ3v) is 4.86. The number of thiophene rings is 1. The summed E-state index contributed by atoms with van der Waals surface area (Å²) >= 11 is 1.46. The number of carbonyl (C=O) groups is 5. The summed E-state index contributed by atoms with van der Waals surface area (Å²) in [4.78, 5) is 61.2. The van der Waals surface area contributed by atoms with E-state index in [1.54, 1.807) is 0 Å². The van der Waals surface area contributed by atoms with Crippen LogP contribution in [0.3, 0.4) is 0 Å². The van der Waals surface area contributed by atoms with E-state index in [1.165, 1.54) is 35.6 Å². The summed E-state index contributed by atoms with van der Waals surface area (Å²) < 4.78 is 4.90. The number of ether oxygens (including phenoxy) is 1. The van der Waals surface area contributed by atoms with Crippen LogP contribution in [-0.2, 0) is 25.7 Å². The van der Waals surface area contributed by atoms with E-state index in [-0.39, 0.29) is 42.5 Å². The van der Waals surface area contributed by atoms with Crippen LogP contribution >= 0.6 is 11.3 Å². The second-order valence-electron chi connectivity index (χ2n) is 6.06. The molecule has 9 nitrogen and oxygen atoms in total. The molecule has 5 amide bonds. The summed E-state index contributed by atoms with van der Waals surface area (Å²) in [5.74, 6) is -2.29. The molecule has 0 saturated carbocycles. The first kappa shape index (κ1) is 20.2. The van der Waals surface area contributed by atoms with Crippen LogP contribution in [0.1, 0.15) is 28.1 Å². The number of esters is 1. The fraction of sp³-hybridized carbons (Fsp3) is 0.211. The summed E-state index contributed by atoms with van der Waals surface area (Å²) in [6.45, 7) is -0.381. The van der Waals surface area contributed by atoms with E-state index in [1.807, 2.05) is 17.5 Å². The van der Waals surface area contributed by atoms with Crippen molar-refractivity contribution in [2.75, 3.05) is 11.5 Å². The summed E-state index contributed by atoms with van der Waals surface area (Å²) in [6.07, 6.45) is 0.254. The van der Waals surface area contributed by atoms with Crippen molar-refractivity contribution in [1.82, 2.24) is 10.6 Å². The smallest absolute Gasteiger partial charge is 0.338 e. The number of hydrogen-bond donors (Lipinski definition) is 2. The average molecular weight is 415 g/mol. The molecule has 2 heterocycles. The van der Waals surface area contributed by atoms with Crippen molar-refractivity contribution in [2.45, 2.75) is 19.4 Å². The van der Waals surface area contributed by atoms with Crippen molar-refractivity contribution < 1.29 is 28.7 Å². The molecular weight excluding hydrogens is 398 g/mol. The van der Waals surface area contributed by atoms with Gasteiger partial charge in [-0.05, 0) is 29.6 Å². The Morgan fingerprint density at radius 1 is 1.07 bits per heavy atom. The molecule has 1 aromatic carbocycles. The van der Waals surface area contributed by atoms with Gasteiger partial charge >= 0.3 is 12.0 Å². The molecule has 0 aliphatic carbocycles. The molecule has 3 rings (SSSR count). The van der Waals surface area contributed by atoms with E-state index >= 15 is 0 Å². The normalized spacial score (nSPS) is 13.3. The molecule has 1 saturated heterocycles. The van der Waals surface area contributed by atoms with E-state index in [4.69, 9.17) is 4.74 Å². The first-order valence-corrected chi connectivity index (χ1v) is 9.55. The molecule has 0 bridgehead atoms. The van der Waals surface area contributed by atoms with Crippen molar-refractivity contribution >= 4 is 46.7 Å². The van der Waals surface area contributed by atoms with Gasteiger partial charge in [-0.3, -0.25) is 24.6 Å². The van der Waals surface area contributed by atoms with E-state index in [0.29, 0.717) is 0 Å². The zero-order valence-electron chi connectivity index (χ0n) is 15.2. The van der Waals surface area contributed by atoms with Gasteiger partial charge in [-0.2, -0.15) is 0 Å². The highest BCUT2D eigenvalue weighted by molar-refractivity contribution is 7.09. The molecule has 1 aromatic heterocycles. The molecule has 29 heavy (non-hydrogen) atoms. The topological polar surface area (TPSA) is 122 Å². The molecule has 0 spiro atoms. The Morgan fingerprint density at radius 2 is 1.83 bits per heavy atom. The van der Waals surface area contributed by atoms with Gasteiger partial charge in [-0.1, -0.05) is 12.1 Å². The van der Waals surface area contributed by atoms with Crippen LogP contribution in [0.15, 0.2) is 41.8 Å². The third-order valence-electron chi connectivity index (χ3n) is 3.98. The van der Waals surface area contributed by atoms with Crippen LogP contribution in [-0.4, -0.2) is 36.3 Å². The van der Waals surface area contributed by atoms with Gasteiger partial charge in [0.05, 0.1) is 17.8 Å². The number of hydrogen-bond acceptors (Lipinski definition) is 7. The predicted molar refractivity (Wildman–Crippen MR) is 103 cm³/mol. The molecular formula is C19H17N3O6S. The molecule has 0 unspecified atom stereocenters. The summed E-state index contributed by atoms with van der Waals surface area (Å²) in [5, 5.41) is 6.43. The van der Waals surface area contributed by atoms with Gasteiger partial charge in [0.15, 0.2) is 6.61 Å². The highest BCUT2D eigenvalue weighted by Crippen LogP contribution is 2.23. The SMILES string of the molecule is O=C(COC(=O)c1cccc(N2C(=O)CCC2=O)c1)NC(=O)NCc1cccs1. The minimum atomic E-state index is -0.819. The second-order valence-corrected chi connectivity index (χ2v) is 7.09. The van der Waals surface area contributed by atoms with E-state index < -0.39 is 24.5 Å². The first-order valence-electron chi connectivity index (χ1n) is 8.67. The van der Waals surface area contributed by atoms with Gasteiger partial charge < -0.3 is 10.1 Å². The summed E-state index contributed by atoms with van der Waals surface area (Å²) in [6, 6.07) is 8.79. The van der Waals surface area contributed by atoms with Gasteiger partial charge in [-0.25, -0.2) is 9.59 Å². The van der Waals surface area contributed by atoms with Crippen LogP contribution in [0.4, 0.5) is 10.5 Å². The predicted octanol–water partition coefficient (Wildman–Crippen LogP) is 1.58. The van der Waals surface area contributed by atoms with E-state index in [0.717, 1.165) is 9.78 Å². The van der Waals surface area contributed by atoms with Crippen LogP contribution < -0.4 is 15.5 Å². The monoisotopic (exact) mass is 415 g/mol. The lowest BCUT2D eigenvalue weighted by Crippen LogP contribution is -2.41. The van der Waals surface area contributed by atoms with E-state index in [9.17, 15) is 24.0 Å². The van der Waals surface area contributed by atoms with E-state index in [2.05, 4.69) is 10.6 Å². The second kappa shape index (κ2) is 9.11. The lowest BCUT2D eigenvalue weighted by molar-refractivity contribution is -0.123. The van der Waals surface area contributed by atoms with Gasteiger partial charge in [-0.15, -0.1) is 11.3 Å². The van der Waals surface area contributed by atoms with Crippen molar-refractivity contribution in [3.63, 3.8) is 0 Å². The molecule has 10 heteroatoms. The van der Waals surface area contributed by atoms with Gasteiger partial charge in [0.1, 0.15) is 0 Å². The van der Waals surface area contributed by atoms with Crippen LogP contribution in [0.25, 0.3) is 0 Å². The highest BCUT2D eigenvalue weighted by Gasteiger charge is 2.30. The minimum absolute atomic E-state index is 0.0740. The Hall–Kier alpha value is -3.53. The maximum absolute atomic E-state index is 12.2. The molecule has 150 valence electrons. The minimum Gasteiger partial charge on any atom is -0.452 e. The standard InChI is InChI=1S/C19H17N3O6S/c23-15(21-19(27)20-10-14-5-2-8-29-14)11-28-18(26)12-3-1-4-13(9-12)22-16(24)6-7-17(22)25/h1-5,8-9H,6-7,10-11H2,(H2,20,21,23,27). The fourth-order valence-corrected chi connectivity index (χ4v) is 3.28. The van der Waals surface area contributed by atoms with Crippen molar-refractivity contribution in [1.29, 1.82) is 0 Å². The maximum Gasteiger partial charge on any atom is 0.338 e. The molecule has 2 aromatic rings. The van der Waals surface area contributed by atoms with Crippen molar-refractivity contribution in [3.8, 4) is 0 Å². The maximum atomic E-state index is 12.2. The van der Waals surface area contributed by atoms with Crippen molar-refractivity contribution in [2.24, 2.45) is 0 Å². The fourth-order valence-electron chi connectivity index (χ4n) is 2.64. The Balaban J connectivity index is 1.49. The number of anilines is 1. The number of amides is 5. The molecule has 0 radical (unpaired) electrons. The number of nitrogens with one attached hydrogen (secondary N) is 2. The van der Waals surface area contributed by atoms with Gasteiger partial charge in [0.2, 0.25) is 11.8 Å².